The number of nitrogens with one attached hydrogen (secondary N) is 2. The number of nitrogens with zero attached hydrogens (tertiary/aromatic N) is 7. The Hall–Kier alpha value is -6.58. The van der Waals surface area contributed by atoms with Crippen LogP contribution in [0.25, 0.3) is 21.9 Å². The standard InChI is InChI=1S/C22H24N4O3.C20H23N5O4/c1-14-10-15(11-17-16(14)6-5-9-24-17)22(7-3-4-8-22)13-26-12-18(27)20(28)19(25-26)21(29)23-2;1-21-19(28)16-17(27)14(26)10-24(23-16)12-20(7-3-4-8-20)25-11-15(29-2)13-6-5-9-22-18(13)25/h5-6,9-12,27H,3-4,7-8,13H2,1-2H3,(H,23,29);5-6,9-11,26H,3-4,7-8,12H2,1-2H3,(H,21,28). The van der Waals surface area contributed by atoms with Crippen molar-refractivity contribution in [1.29, 1.82) is 0 Å². The zero-order valence-electron chi connectivity index (χ0n) is 33.0. The number of aromatic nitrogens is 7. The minimum Gasteiger partial charge on any atom is -0.503 e. The summed E-state index contributed by atoms with van der Waals surface area (Å²) in [4.78, 5) is 57.3. The van der Waals surface area contributed by atoms with Crippen LogP contribution in [0.4, 0.5) is 0 Å². The van der Waals surface area contributed by atoms with E-state index in [2.05, 4.69) is 60.5 Å². The van der Waals surface area contributed by atoms with Crippen LogP contribution in [-0.2, 0) is 24.0 Å². The van der Waals surface area contributed by atoms with Crippen molar-refractivity contribution in [3.05, 3.63) is 110 Å². The Morgan fingerprint density at radius 2 is 1.33 bits per heavy atom. The van der Waals surface area contributed by atoms with Gasteiger partial charge < -0.3 is 30.2 Å². The Morgan fingerprint density at radius 3 is 1.91 bits per heavy atom. The molecule has 2 fully saturated rings. The largest absolute Gasteiger partial charge is 0.503 e. The van der Waals surface area contributed by atoms with Gasteiger partial charge in [-0.3, -0.25) is 33.5 Å². The van der Waals surface area contributed by atoms with Gasteiger partial charge in [-0.2, -0.15) is 10.2 Å². The van der Waals surface area contributed by atoms with E-state index in [1.54, 1.807) is 19.5 Å². The third kappa shape index (κ3) is 7.37. The van der Waals surface area contributed by atoms with Gasteiger partial charge in [0.15, 0.2) is 22.9 Å². The van der Waals surface area contributed by atoms with Gasteiger partial charge in [0.1, 0.15) is 11.4 Å². The van der Waals surface area contributed by atoms with Crippen LogP contribution in [0.5, 0.6) is 17.2 Å². The van der Waals surface area contributed by atoms with Crippen LogP contribution >= 0.6 is 0 Å². The van der Waals surface area contributed by atoms with Gasteiger partial charge in [0.25, 0.3) is 22.7 Å². The molecule has 8 rings (SSSR count). The van der Waals surface area contributed by atoms with Crippen LogP contribution in [-0.4, -0.2) is 77.3 Å². The van der Waals surface area contributed by atoms with Crippen LogP contribution < -0.4 is 26.2 Å². The highest BCUT2D eigenvalue weighted by Gasteiger charge is 2.39. The van der Waals surface area contributed by atoms with Crippen molar-refractivity contribution in [2.75, 3.05) is 21.2 Å². The molecule has 58 heavy (non-hydrogen) atoms. The fourth-order valence-electron chi connectivity index (χ4n) is 8.68. The lowest BCUT2D eigenvalue weighted by atomic mass is 9.77. The van der Waals surface area contributed by atoms with E-state index in [4.69, 9.17) is 4.74 Å². The van der Waals surface area contributed by atoms with Crippen molar-refractivity contribution < 1.29 is 24.5 Å². The van der Waals surface area contributed by atoms with Crippen molar-refractivity contribution >= 4 is 33.8 Å². The Kier molecular flexibility index (Phi) is 11.0. The molecule has 0 saturated heterocycles. The summed E-state index contributed by atoms with van der Waals surface area (Å²) in [6, 6.07) is 12.2. The number of carbonyl (C=O) groups excluding carboxylic acids is 2. The molecule has 4 N–H and O–H groups in total. The van der Waals surface area contributed by atoms with E-state index in [1.807, 2.05) is 24.4 Å². The predicted octanol–water partition coefficient (Wildman–Crippen LogP) is 4.31. The summed E-state index contributed by atoms with van der Waals surface area (Å²) in [6.45, 7) is 2.94. The van der Waals surface area contributed by atoms with E-state index in [9.17, 15) is 29.4 Å². The summed E-state index contributed by atoms with van der Waals surface area (Å²) in [5.41, 5.74) is 1.40. The Bertz CT molecular complexity index is 2640. The Balaban J connectivity index is 0.000000177. The quantitative estimate of drug-likeness (QED) is 0.162. The summed E-state index contributed by atoms with van der Waals surface area (Å²) in [5.74, 6) is -1.47. The average molecular weight is 790 g/mol. The number of pyridine rings is 2. The van der Waals surface area contributed by atoms with E-state index in [1.165, 1.54) is 47.0 Å². The second-order valence-corrected chi connectivity index (χ2v) is 15.2. The molecule has 0 bridgehead atoms. The molecule has 0 atom stereocenters. The molecule has 16 heteroatoms. The molecule has 0 spiro atoms. The summed E-state index contributed by atoms with van der Waals surface area (Å²) >= 11 is 0. The summed E-state index contributed by atoms with van der Waals surface area (Å²) in [5, 5.41) is 35.4. The first-order valence-electron chi connectivity index (χ1n) is 19.3. The van der Waals surface area contributed by atoms with Gasteiger partial charge in [0.05, 0.1) is 49.0 Å². The number of hydrogen-bond acceptors (Lipinski definition) is 11. The van der Waals surface area contributed by atoms with Crippen LogP contribution in [0.1, 0.15) is 83.5 Å². The van der Waals surface area contributed by atoms with Gasteiger partial charge in [-0.1, -0.05) is 37.8 Å². The number of rotatable bonds is 9. The molecule has 5 aromatic heterocycles. The third-order valence-electron chi connectivity index (χ3n) is 11.6. The fraction of sp³-hybridized carbons (Fsp3) is 0.381. The Labute approximate surface area is 333 Å². The minimum atomic E-state index is -0.782. The third-order valence-corrected chi connectivity index (χ3v) is 11.6. The van der Waals surface area contributed by atoms with Crippen LogP contribution in [0.3, 0.4) is 0 Å². The van der Waals surface area contributed by atoms with Gasteiger partial charge in [-0.05, 0) is 68.0 Å². The normalized spacial score (nSPS) is 15.5. The Morgan fingerprint density at radius 1 is 0.776 bits per heavy atom. The number of fused-ring (bicyclic) bond motifs is 2. The SMILES string of the molecule is CNC(=O)c1nn(CC2(c3cc(C)c4cccnc4c3)CCCC2)cc(O)c1=O.CNC(=O)c1nn(CC2(n3cc(OC)c4cccnc43)CCCC2)cc(O)c1=O. The van der Waals surface area contributed by atoms with E-state index in [-0.39, 0.29) is 22.3 Å². The van der Waals surface area contributed by atoms with Gasteiger partial charge in [0, 0.05) is 43.5 Å². The molecule has 2 saturated carbocycles. The molecule has 2 aliphatic carbocycles. The molecule has 5 heterocycles. The molecule has 16 nitrogen and oxygen atoms in total. The smallest absolute Gasteiger partial charge is 0.275 e. The number of aromatic hydroxyl groups is 2. The molecule has 0 radical (unpaired) electrons. The van der Waals surface area contributed by atoms with Gasteiger partial charge in [-0.25, -0.2) is 4.98 Å². The maximum Gasteiger partial charge on any atom is 0.275 e. The van der Waals surface area contributed by atoms with Gasteiger partial charge >= 0.3 is 0 Å². The predicted molar refractivity (Wildman–Crippen MR) is 216 cm³/mol. The lowest BCUT2D eigenvalue weighted by Crippen LogP contribution is -2.37. The second kappa shape index (κ2) is 16.1. The summed E-state index contributed by atoms with van der Waals surface area (Å²) in [6.07, 6.45) is 16.0. The van der Waals surface area contributed by atoms with Crippen LogP contribution in [0.15, 0.2) is 77.0 Å². The summed E-state index contributed by atoms with van der Waals surface area (Å²) < 4.78 is 10.7. The average Bonchev–Trinajstić information content (AvgIpc) is 4.00. The van der Waals surface area contributed by atoms with Crippen molar-refractivity contribution in [3.63, 3.8) is 0 Å². The molecule has 0 unspecified atom stereocenters. The molecule has 1 aromatic carbocycles. The lowest BCUT2D eigenvalue weighted by molar-refractivity contribution is 0.0945. The minimum absolute atomic E-state index is 0.190. The number of methoxy groups -OCH3 is 1. The number of amides is 2. The monoisotopic (exact) mass is 789 g/mol. The number of ether oxygens (including phenoxy) is 1. The highest BCUT2D eigenvalue weighted by Crippen LogP contribution is 2.44. The van der Waals surface area contributed by atoms with E-state index in [0.717, 1.165) is 79.1 Å². The summed E-state index contributed by atoms with van der Waals surface area (Å²) in [7, 11) is 4.48. The number of hydrogen-bond donors (Lipinski definition) is 4. The number of carbonyl (C=O) groups is 2. The van der Waals surface area contributed by atoms with Crippen molar-refractivity contribution in [2.45, 2.75) is 82.3 Å². The van der Waals surface area contributed by atoms with Crippen LogP contribution in [0.2, 0.25) is 0 Å². The molecular formula is C42H47N9O7. The first-order chi connectivity index (χ1) is 27.9. The maximum atomic E-state index is 12.1. The molecule has 2 aliphatic rings. The molecule has 302 valence electrons. The van der Waals surface area contributed by atoms with Crippen molar-refractivity contribution in [3.8, 4) is 17.2 Å². The lowest BCUT2D eigenvalue weighted by Gasteiger charge is -2.32. The zero-order chi connectivity index (χ0) is 41.2. The maximum absolute atomic E-state index is 12.1. The number of aryl methyl sites for hydroxylation is 1. The van der Waals surface area contributed by atoms with E-state index in [0.29, 0.717) is 13.1 Å². The molecule has 0 aliphatic heterocycles. The van der Waals surface area contributed by atoms with E-state index < -0.39 is 34.2 Å². The van der Waals surface area contributed by atoms with Gasteiger partial charge in [0.2, 0.25) is 0 Å². The van der Waals surface area contributed by atoms with Crippen LogP contribution in [0, 0.1) is 6.92 Å². The second-order valence-electron chi connectivity index (χ2n) is 15.2. The van der Waals surface area contributed by atoms with Crippen molar-refractivity contribution in [2.24, 2.45) is 0 Å². The fourth-order valence-corrected chi connectivity index (χ4v) is 8.68. The van der Waals surface area contributed by atoms with Crippen molar-refractivity contribution in [1.82, 2.24) is 44.7 Å². The highest BCUT2D eigenvalue weighted by atomic mass is 16.5. The zero-order valence-corrected chi connectivity index (χ0v) is 33.0. The molecular weight excluding hydrogens is 743 g/mol. The first kappa shape index (κ1) is 39.6. The number of benzene rings is 1. The topological polar surface area (TPSA) is 208 Å². The first-order valence-corrected chi connectivity index (χ1v) is 19.3. The molecule has 2 amide bonds. The highest BCUT2D eigenvalue weighted by molar-refractivity contribution is 5.92. The van der Waals surface area contributed by atoms with E-state index >= 15 is 0 Å². The molecule has 6 aromatic rings. The van der Waals surface area contributed by atoms with Gasteiger partial charge in [-0.15, -0.1) is 0 Å².